The second-order valence-corrected chi connectivity index (χ2v) is 10.4. The molecule has 0 aliphatic carbocycles. The van der Waals surface area contributed by atoms with Crippen LogP contribution in [0.2, 0.25) is 0 Å². The molecule has 0 radical (unpaired) electrons. The van der Waals surface area contributed by atoms with E-state index in [0.717, 1.165) is 48.8 Å². The Morgan fingerprint density at radius 2 is 1.30 bits per heavy atom. The van der Waals surface area contributed by atoms with E-state index in [9.17, 15) is 0 Å². The van der Waals surface area contributed by atoms with Crippen LogP contribution in [0.1, 0.15) is 34.1 Å². The van der Waals surface area contributed by atoms with E-state index >= 15 is 0 Å². The van der Waals surface area contributed by atoms with Crippen LogP contribution in [0.25, 0.3) is 0 Å². The van der Waals surface area contributed by atoms with Crippen molar-refractivity contribution in [2.24, 2.45) is 4.99 Å². The maximum atomic E-state index is 5.69. The third kappa shape index (κ3) is 6.89. The van der Waals surface area contributed by atoms with Crippen molar-refractivity contribution in [3.8, 4) is 0 Å². The molecule has 0 amide bonds. The van der Waals surface area contributed by atoms with Crippen LogP contribution in [0.5, 0.6) is 0 Å². The van der Waals surface area contributed by atoms with Gasteiger partial charge in [-0.15, -0.1) is 0 Å². The Labute approximate surface area is 242 Å². The number of guanidine groups is 1. The van der Waals surface area contributed by atoms with Gasteiger partial charge in [0.05, 0.1) is 6.04 Å². The summed E-state index contributed by atoms with van der Waals surface area (Å²) < 4.78 is 0. The number of hydrogen-bond donors (Lipinski definition) is 2. The quantitative estimate of drug-likeness (QED) is 0.180. The minimum atomic E-state index is 0.185. The van der Waals surface area contributed by atoms with E-state index in [2.05, 4.69) is 91.1 Å². The Morgan fingerprint density at radius 3 is 1.88 bits per heavy atom. The van der Waals surface area contributed by atoms with Gasteiger partial charge < -0.3 is 10.2 Å². The number of aromatic nitrogens is 2. The van der Waals surface area contributed by atoms with Crippen molar-refractivity contribution in [1.82, 2.24) is 19.8 Å². The molecule has 40 heavy (non-hydrogen) atoms. The highest BCUT2D eigenvalue weighted by Crippen LogP contribution is 2.29. The molecule has 1 aromatic heterocycles. The van der Waals surface area contributed by atoms with Gasteiger partial charge in [0, 0.05) is 43.3 Å². The number of rotatable bonds is 5. The highest BCUT2D eigenvalue weighted by atomic mass is 32.1. The van der Waals surface area contributed by atoms with Gasteiger partial charge in [0.1, 0.15) is 0 Å². The zero-order chi connectivity index (χ0) is 27.9. The molecule has 2 heterocycles. The van der Waals surface area contributed by atoms with Crippen LogP contribution in [0.4, 0.5) is 11.6 Å². The van der Waals surface area contributed by atoms with E-state index < -0.39 is 0 Å². The molecule has 4 aromatic rings. The van der Waals surface area contributed by atoms with Gasteiger partial charge in [-0.05, 0) is 61.8 Å². The number of aliphatic imine (C=N–C) groups is 1. The van der Waals surface area contributed by atoms with Crippen molar-refractivity contribution in [3.63, 3.8) is 0 Å². The summed E-state index contributed by atoms with van der Waals surface area (Å²) in [5.41, 5.74) is 6.43. The summed E-state index contributed by atoms with van der Waals surface area (Å²) in [5.74, 6) is 1.16. The number of hydrogen-bond acceptors (Lipinski definition) is 4. The Bertz CT molecular complexity index is 1410. The van der Waals surface area contributed by atoms with Crippen molar-refractivity contribution >= 4 is 34.9 Å². The first-order chi connectivity index (χ1) is 19.5. The van der Waals surface area contributed by atoms with E-state index in [1.807, 2.05) is 51.1 Å². The number of anilines is 2. The SMILES string of the molecule is Cc1cc(C)nc(N/C(=N/C(=S)Nc2ccccc2C)N2CCN(C(c3ccccc3)c3ccccc3)CC2)n1. The number of thiocarbonyl (C=S) groups is 1. The van der Waals surface area contributed by atoms with Gasteiger partial charge in [0.2, 0.25) is 17.0 Å². The molecule has 0 bridgehead atoms. The second kappa shape index (κ2) is 12.8. The molecule has 5 rings (SSSR count). The summed E-state index contributed by atoms with van der Waals surface area (Å²) in [6, 6.07) is 31.6. The Hall–Kier alpha value is -4.14. The van der Waals surface area contributed by atoms with Crippen LogP contribution in [0.3, 0.4) is 0 Å². The third-order valence-corrected chi connectivity index (χ3v) is 7.20. The van der Waals surface area contributed by atoms with E-state index in [0.29, 0.717) is 17.0 Å². The lowest BCUT2D eigenvalue weighted by Gasteiger charge is -2.40. The normalized spacial score (nSPS) is 14.3. The van der Waals surface area contributed by atoms with Gasteiger partial charge in [0.25, 0.3) is 0 Å². The lowest BCUT2D eigenvalue weighted by molar-refractivity contribution is 0.150. The molecule has 0 atom stereocenters. The molecule has 1 fully saturated rings. The number of aryl methyl sites for hydroxylation is 3. The summed E-state index contributed by atoms with van der Waals surface area (Å²) >= 11 is 5.69. The average Bonchev–Trinajstić information content (AvgIpc) is 2.95. The topological polar surface area (TPSA) is 68.7 Å². The van der Waals surface area contributed by atoms with E-state index in [-0.39, 0.29) is 6.04 Å². The lowest BCUT2D eigenvalue weighted by atomic mass is 9.96. The van der Waals surface area contributed by atoms with Gasteiger partial charge in [-0.1, -0.05) is 78.9 Å². The molecule has 1 aliphatic rings. The van der Waals surface area contributed by atoms with Crippen LogP contribution >= 0.6 is 12.2 Å². The molecule has 0 spiro atoms. The summed E-state index contributed by atoms with van der Waals surface area (Å²) in [4.78, 5) is 18.8. The molecule has 0 saturated carbocycles. The van der Waals surface area contributed by atoms with Gasteiger partial charge in [-0.3, -0.25) is 10.2 Å². The Balaban J connectivity index is 1.38. The van der Waals surface area contributed by atoms with E-state index in [1.165, 1.54) is 11.1 Å². The fourth-order valence-corrected chi connectivity index (χ4v) is 5.29. The molecule has 7 nitrogen and oxygen atoms in total. The molecule has 3 aromatic carbocycles. The Morgan fingerprint density at radius 1 is 0.750 bits per heavy atom. The summed E-state index contributed by atoms with van der Waals surface area (Å²) in [6.45, 7) is 9.26. The number of piperazine rings is 1. The van der Waals surface area contributed by atoms with Crippen LogP contribution in [0, 0.1) is 20.8 Å². The van der Waals surface area contributed by atoms with Gasteiger partial charge in [-0.25, -0.2) is 9.97 Å². The highest BCUT2D eigenvalue weighted by molar-refractivity contribution is 7.80. The average molecular weight is 550 g/mol. The predicted molar refractivity (Wildman–Crippen MR) is 168 cm³/mol. The van der Waals surface area contributed by atoms with Crippen LogP contribution in [-0.2, 0) is 0 Å². The van der Waals surface area contributed by atoms with Crippen LogP contribution in [-0.4, -0.2) is 57.0 Å². The Kier molecular flexibility index (Phi) is 8.78. The summed E-state index contributed by atoms with van der Waals surface area (Å²) in [7, 11) is 0. The monoisotopic (exact) mass is 549 g/mol. The minimum Gasteiger partial charge on any atom is -0.340 e. The first kappa shape index (κ1) is 27.4. The largest absolute Gasteiger partial charge is 0.340 e. The highest BCUT2D eigenvalue weighted by Gasteiger charge is 2.28. The van der Waals surface area contributed by atoms with Crippen molar-refractivity contribution < 1.29 is 0 Å². The molecule has 204 valence electrons. The van der Waals surface area contributed by atoms with Crippen molar-refractivity contribution in [2.75, 3.05) is 36.8 Å². The number of nitrogens with zero attached hydrogens (tertiary/aromatic N) is 5. The van der Waals surface area contributed by atoms with Crippen molar-refractivity contribution in [1.29, 1.82) is 0 Å². The first-order valence-electron chi connectivity index (χ1n) is 13.6. The van der Waals surface area contributed by atoms with Gasteiger partial charge in [-0.2, -0.15) is 4.99 Å². The summed E-state index contributed by atoms with van der Waals surface area (Å²) in [6.07, 6.45) is 0. The molecule has 8 heteroatoms. The molecular weight excluding hydrogens is 514 g/mol. The fourth-order valence-electron chi connectivity index (χ4n) is 5.09. The van der Waals surface area contributed by atoms with Crippen molar-refractivity contribution in [2.45, 2.75) is 26.8 Å². The number of benzene rings is 3. The number of nitrogens with one attached hydrogen (secondary N) is 2. The predicted octanol–water partition coefficient (Wildman–Crippen LogP) is 5.97. The molecule has 0 unspecified atom stereocenters. The van der Waals surface area contributed by atoms with Crippen LogP contribution in [0.15, 0.2) is 96.0 Å². The third-order valence-electron chi connectivity index (χ3n) is 7.01. The maximum absolute atomic E-state index is 5.69. The molecular formula is C32H35N7S. The molecule has 1 aliphatic heterocycles. The second-order valence-electron chi connectivity index (χ2n) is 10.0. The fraction of sp³-hybridized carbons (Fsp3) is 0.250. The number of para-hydroxylation sites is 1. The van der Waals surface area contributed by atoms with Crippen LogP contribution < -0.4 is 10.6 Å². The van der Waals surface area contributed by atoms with E-state index in [4.69, 9.17) is 17.2 Å². The zero-order valence-electron chi connectivity index (χ0n) is 23.2. The van der Waals surface area contributed by atoms with Gasteiger partial charge in [0.15, 0.2) is 0 Å². The van der Waals surface area contributed by atoms with Crippen molar-refractivity contribution in [3.05, 3.63) is 119 Å². The zero-order valence-corrected chi connectivity index (χ0v) is 24.0. The van der Waals surface area contributed by atoms with E-state index in [1.54, 1.807) is 0 Å². The molecule has 1 saturated heterocycles. The van der Waals surface area contributed by atoms with Gasteiger partial charge >= 0.3 is 0 Å². The standard InChI is InChI=1S/C32H35N7S/c1-23-12-10-11-17-28(23)35-32(40)37-31(36-30-33-24(2)22-25(3)34-30)39-20-18-38(19-21-39)29(26-13-6-4-7-14-26)27-15-8-5-9-16-27/h4-17,22,29H,18-21H2,1-3H3,(H2,33,34,35,36,37,40). The minimum absolute atomic E-state index is 0.185. The lowest BCUT2D eigenvalue weighted by Crippen LogP contribution is -2.52. The molecule has 2 N–H and O–H groups in total. The first-order valence-corrected chi connectivity index (χ1v) is 14.0. The maximum Gasteiger partial charge on any atom is 0.229 e. The smallest absolute Gasteiger partial charge is 0.229 e. The summed E-state index contributed by atoms with van der Waals surface area (Å²) in [5, 5.41) is 7.05.